The van der Waals surface area contributed by atoms with Crippen LogP contribution in [0.3, 0.4) is 0 Å². The maximum atomic E-state index is 11.5. The number of thiazole rings is 1. The quantitative estimate of drug-likeness (QED) is 0.796. The van der Waals surface area contributed by atoms with Crippen molar-refractivity contribution in [1.82, 2.24) is 19.5 Å². The summed E-state index contributed by atoms with van der Waals surface area (Å²) in [5, 5.41) is 16.6. The highest BCUT2D eigenvalue weighted by Crippen LogP contribution is 2.41. The Morgan fingerprint density at radius 3 is 2.82 bits per heavy atom. The minimum Gasteiger partial charge on any atom is -0.492 e. The van der Waals surface area contributed by atoms with Gasteiger partial charge in [-0.3, -0.25) is 9.69 Å². The van der Waals surface area contributed by atoms with Crippen molar-refractivity contribution in [1.29, 1.82) is 0 Å². The Hall–Kier alpha value is -1.77. The number of ketones is 1. The molecule has 0 spiro atoms. The first kappa shape index (κ1) is 13.9. The first-order valence-electron chi connectivity index (χ1n) is 7.04. The number of hydrogen-bond donors (Lipinski definition) is 1. The highest BCUT2D eigenvalue weighted by molar-refractivity contribution is 7.17. The van der Waals surface area contributed by atoms with E-state index >= 15 is 0 Å². The van der Waals surface area contributed by atoms with Gasteiger partial charge >= 0.3 is 0 Å². The number of piperidine rings is 1. The van der Waals surface area contributed by atoms with Gasteiger partial charge in [-0.05, 0) is 11.4 Å². The number of likely N-dealkylation sites (tertiary alicyclic amines) is 1. The van der Waals surface area contributed by atoms with Crippen molar-refractivity contribution in [3.63, 3.8) is 0 Å². The second-order valence-corrected chi connectivity index (χ2v) is 7.23. The molecule has 1 unspecified atom stereocenters. The molecule has 4 rings (SSSR count). The Bertz CT molecular complexity index is 798. The summed E-state index contributed by atoms with van der Waals surface area (Å²) < 4.78 is 1.47. The molecule has 1 aliphatic heterocycles. The molecule has 114 valence electrons. The van der Waals surface area contributed by atoms with Crippen LogP contribution in [0.1, 0.15) is 28.6 Å². The lowest BCUT2D eigenvalue weighted by atomic mass is 10.1. The Kier molecular flexibility index (Phi) is 3.44. The second kappa shape index (κ2) is 5.45. The molecule has 1 N–H and O–H groups in total. The highest BCUT2D eigenvalue weighted by Gasteiger charge is 2.31. The van der Waals surface area contributed by atoms with Gasteiger partial charge in [0.15, 0.2) is 0 Å². The molecule has 0 radical (unpaired) electrons. The van der Waals surface area contributed by atoms with E-state index in [1.165, 1.54) is 22.2 Å². The summed E-state index contributed by atoms with van der Waals surface area (Å²) in [6.45, 7) is 1.43. The molecule has 1 saturated heterocycles. The Balaban J connectivity index is 1.78. The Morgan fingerprint density at radius 2 is 2.14 bits per heavy atom. The van der Waals surface area contributed by atoms with E-state index in [0.29, 0.717) is 36.7 Å². The summed E-state index contributed by atoms with van der Waals surface area (Å²) in [6.07, 6.45) is 2.59. The number of rotatable bonds is 3. The summed E-state index contributed by atoms with van der Waals surface area (Å²) in [7, 11) is 0. The van der Waals surface area contributed by atoms with E-state index in [4.69, 9.17) is 0 Å². The van der Waals surface area contributed by atoms with Crippen LogP contribution in [0, 0.1) is 0 Å². The van der Waals surface area contributed by atoms with Crippen LogP contribution in [0.15, 0.2) is 23.8 Å². The zero-order chi connectivity index (χ0) is 15.1. The number of Topliss-reactive ketones (excluding diaryl/α,β-unsaturated/α-hetero) is 1. The monoisotopic (exact) mass is 334 g/mol. The zero-order valence-electron chi connectivity index (χ0n) is 11.7. The zero-order valence-corrected chi connectivity index (χ0v) is 13.3. The van der Waals surface area contributed by atoms with Crippen LogP contribution in [0.4, 0.5) is 0 Å². The molecule has 1 aliphatic rings. The van der Waals surface area contributed by atoms with Gasteiger partial charge in [0.05, 0.1) is 10.9 Å². The van der Waals surface area contributed by atoms with Crippen molar-refractivity contribution in [2.45, 2.75) is 18.9 Å². The van der Waals surface area contributed by atoms with Crippen molar-refractivity contribution >= 4 is 33.4 Å². The van der Waals surface area contributed by atoms with Gasteiger partial charge in [0.1, 0.15) is 12.1 Å². The van der Waals surface area contributed by atoms with Crippen LogP contribution in [0.2, 0.25) is 0 Å². The SMILES string of the molecule is O=C1CCN(C(c2cccs2)c2sc3ncnn3c2O)CC1. The van der Waals surface area contributed by atoms with E-state index in [0.717, 1.165) is 9.75 Å². The summed E-state index contributed by atoms with van der Waals surface area (Å²) >= 11 is 3.11. The molecule has 1 fully saturated rings. The van der Waals surface area contributed by atoms with E-state index in [2.05, 4.69) is 21.0 Å². The van der Waals surface area contributed by atoms with E-state index in [9.17, 15) is 9.90 Å². The van der Waals surface area contributed by atoms with Crippen molar-refractivity contribution in [3.05, 3.63) is 33.6 Å². The van der Waals surface area contributed by atoms with Crippen molar-refractivity contribution < 1.29 is 9.90 Å². The highest BCUT2D eigenvalue weighted by atomic mass is 32.1. The molecule has 3 aromatic rings. The van der Waals surface area contributed by atoms with E-state index in [1.54, 1.807) is 11.3 Å². The van der Waals surface area contributed by atoms with Crippen LogP contribution in [-0.2, 0) is 4.79 Å². The van der Waals surface area contributed by atoms with Gasteiger partial charge in [-0.25, -0.2) is 4.98 Å². The third-order valence-corrected chi connectivity index (χ3v) is 5.93. The van der Waals surface area contributed by atoms with Crippen LogP contribution >= 0.6 is 22.7 Å². The molecular weight excluding hydrogens is 320 g/mol. The number of nitrogens with zero attached hydrogens (tertiary/aromatic N) is 4. The van der Waals surface area contributed by atoms with Crippen molar-refractivity contribution in [3.8, 4) is 5.88 Å². The van der Waals surface area contributed by atoms with E-state index in [1.807, 2.05) is 11.4 Å². The van der Waals surface area contributed by atoms with E-state index in [-0.39, 0.29) is 11.9 Å². The maximum absolute atomic E-state index is 11.5. The van der Waals surface area contributed by atoms with Crippen molar-refractivity contribution in [2.75, 3.05) is 13.1 Å². The molecule has 8 heteroatoms. The molecule has 1 atom stereocenters. The predicted octanol–water partition coefficient (Wildman–Crippen LogP) is 2.31. The van der Waals surface area contributed by atoms with Gasteiger partial charge < -0.3 is 5.11 Å². The summed E-state index contributed by atoms with van der Waals surface area (Å²) in [6, 6.07) is 4.04. The second-order valence-electron chi connectivity index (χ2n) is 5.24. The van der Waals surface area contributed by atoms with Gasteiger partial charge in [0.2, 0.25) is 10.8 Å². The molecular formula is C14H14N4O2S2. The lowest BCUT2D eigenvalue weighted by molar-refractivity contribution is -0.121. The standard InChI is InChI=1S/C14H14N4O2S2/c19-9-3-5-17(6-4-9)11(10-2-1-7-21-10)12-13(20)18-14(22-12)15-8-16-18/h1-2,7-8,11,20H,3-6H2. The first-order chi connectivity index (χ1) is 10.7. The summed E-state index contributed by atoms with van der Waals surface area (Å²) in [5.74, 6) is 0.459. The summed E-state index contributed by atoms with van der Waals surface area (Å²) in [5.41, 5.74) is 0. The molecule has 4 heterocycles. The van der Waals surface area contributed by atoms with Gasteiger partial charge in [-0.2, -0.15) is 9.61 Å². The molecule has 6 nitrogen and oxygen atoms in total. The molecule has 0 amide bonds. The van der Waals surface area contributed by atoms with Gasteiger partial charge in [0.25, 0.3) is 0 Å². The number of aromatic hydroxyl groups is 1. The predicted molar refractivity (Wildman–Crippen MR) is 84.5 cm³/mol. The lowest BCUT2D eigenvalue weighted by Gasteiger charge is -2.32. The fraction of sp³-hybridized carbons (Fsp3) is 0.357. The number of fused-ring (bicyclic) bond motifs is 1. The van der Waals surface area contributed by atoms with Crippen LogP contribution in [0.5, 0.6) is 5.88 Å². The van der Waals surface area contributed by atoms with Crippen LogP contribution in [0.25, 0.3) is 4.96 Å². The number of thiophene rings is 1. The van der Waals surface area contributed by atoms with Crippen LogP contribution < -0.4 is 0 Å². The van der Waals surface area contributed by atoms with Gasteiger partial charge in [0, 0.05) is 30.8 Å². The third kappa shape index (κ3) is 2.23. The van der Waals surface area contributed by atoms with Gasteiger partial charge in [-0.1, -0.05) is 17.4 Å². The number of carbonyl (C=O) groups is 1. The average molecular weight is 334 g/mol. The fourth-order valence-corrected chi connectivity index (χ4v) is 4.85. The van der Waals surface area contributed by atoms with Crippen molar-refractivity contribution in [2.24, 2.45) is 0 Å². The Morgan fingerprint density at radius 1 is 1.32 bits per heavy atom. The Labute approximate surface area is 134 Å². The normalized spacial score (nSPS) is 18.1. The average Bonchev–Trinajstić information content (AvgIpc) is 3.23. The van der Waals surface area contributed by atoms with E-state index < -0.39 is 0 Å². The summed E-state index contributed by atoms with van der Waals surface area (Å²) in [4.78, 5) is 20.6. The largest absolute Gasteiger partial charge is 0.492 e. The number of aromatic nitrogens is 3. The van der Waals surface area contributed by atoms with Gasteiger partial charge in [-0.15, -0.1) is 11.3 Å². The molecule has 0 bridgehead atoms. The number of carbonyl (C=O) groups excluding carboxylic acids is 1. The molecule has 3 aromatic heterocycles. The minimum absolute atomic E-state index is 0.0402. The van der Waals surface area contributed by atoms with Crippen LogP contribution in [-0.4, -0.2) is 43.5 Å². The molecule has 0 aliphatic carbocycles. The lowest BCUT2D eigenvalue weighted by Crippen LogP contribution is -2.36. The fourth-order valence-electron chi connectivity index (χ4n) is 2.83. The minimum atomic E-state index is -0.0402. The third-order valence-electron chi connectivity index (χ3n) is 3.92. The topological polar surface area (TPSA) is 70.7 Å². The maximum Gasteiger partial charge on any atom is 0.230 e. The smallest absolute Gasteiger partial charge is 0.230 e. The molecule has 0 saturated carbocycles. The first-order valence-corrected chi connectivity index (χ1v) is 8.74. The molecule has 0 aromatic carbocycles. The molecule has 22 heavy (non-hydrogen) atoms. The number of hydrogen-bond acceptors (Lipinski definition) is 7.